The van der Waals surface area contributed by atoms with E-state index in [0.717, 1.165) is 11.1 Å². The van der Waals surface area contributed by atoms with Crippen LogP contribution in [0, 0.1) is 0 Å². The van der Waals surface area contributed by atoms with Gasteiger partial charge in [-0.2, -0.15) is 0 Å². The summed E-state index contributed by atoms with van der Waals surface area (Å²) in [6, 6.07) is 21.2. The second-order valence-electron chi connectivity index (χ2n) is 5.99. The van der Waals surface area contributed by atoms with Crippen LogP contribution in [0.15, 0.2) is 77.7 Å². The zero-order chi connectivity index (χ0) is 18.4. The van der Waals surface area contributed by atoms with E-state index < -0.39 is 5.56 Å². The first-order valence-electron chi connectivity index (χ1n) is 8.43. The monoisotopic (exact) mass is 348 g/mol. The third kappa shape index (κ3) is 4.39. The number of nitrogens with zero attached hydrogens (tertiary/aromatic N) is 1. The van der Waals surface area contributed by atoms with Gasteiger partial charge in [-0.3, -0.25) is 9.59 Å². The topological polar surface area (TPSA) is 71.3 Å². The van der Waals surface area contributed by atoms with Crippen molar-refractivity contribution in [2.75, 3.05) is 6.54 Å². The van der Waals surface area contributed by atoms with E-state index in [1.165, 1.54) is 28.5 Å². The van der Waals surface area contributed by atoms with Crippen LogP contribution in [0.1, 0.15) is 5.56 Å². The average Bonchev–Trinajstić information content (AvgIpc) is 2.67. The summed E-state index contributed by atoms with van der Waals surface area (Å²) < 4.78 is 1.18. The summed E-state index contributed by atoms with van der Waals surface area (Å²) in [7, 11) is 0. The summed E-state index contributed by atoms with van der Waals surface area (Å²) in [5, 5.41) is 12.2. The fourth-order valence-corrected chi connectivity index (χ4v) is 2.70. The lowest BCUT2D eigenvalue weighted by molar-refractivity contribution is -0.121. The molecule has 2 N–H and O–H groups in total. The van der Waals surface area contributed by atoms with Crippen molar-refractivity contribution in [3.8, 4) is 16.9 Å². The van der Waals surface area contributed by atoms with E-state index in [4.69, 9.17) is 0 Å². The second kappa shape index (κ2) is 8.16. The molecule has 1 aromatic heterocycles. The molecule has 5 heteroatoms. The van der Waals surface area contributed by atoms with E-state index in [1.54, 1.807) is 0 Å². The molecule has 0 spiro atoms. The molecule has 0 saturated heterocycles. The molecule has 5 nitrogen and oxygen atoms in total. The molecule has 2 aromatic carbocycles. The van der Waals surface area contributed by atoms with Gasteiger partial charge in [-0.15, -0.1) is 0 Å². The van der Waals surface area contributed by atoms with Crippen molar-refractivity contribution in [3.63, 3.8) is 0 Å². The van der Waals surface area contributed by atoms with E-state index in [1.807, 2.05) is 30.3 Å². The van der Waals surface area contributed by atoms with Crippen molar-refractivity contribution in [1.82, 2.24) is 9.88 Å². The van der Waals surface area contributed by atoms with Gasteiger partial charge < -0.3 is 15.0 Å². The van der Waals surface area contributed by atoms with Gasteiger partial charge in [0.05, 0.1) is 0 Å². The molecule has 0 aliphatic carbocycles. The first kappa shape index (κ1) is 17.5. The predicted octanol–water partition coefficient (Wildman–Crippen LogP) is 2.58. The second-order valence-corrected chi connectivity index (χ2v) is 5.99. The number of amides is 1. The van der Waals surface area contributed by atoms with Gasteiger partial charge in [0.2, 0.25) is 5.91 Å². The van der Waals surface area contributed by atoms with Crippen LogP contribution in [0.4, 0.5) is 0 Å². The number of aromatic hydroxyl groups is 1. The summed E-state index contributed by atoms with van der Waals surface area (Å²) in [4.78, 5) is 23.6. The van der Waals surface area contributed by atoms with E-state index in [2.05, 4.69) is 29.6 Å². The number of nitrogens with one attached hydrogen (secondary N) is 1. The maximum atomic E-state index is 12.0. The van der Waals surface area contributed by atoms with Gasteiger partial charge in [0.25, 0.3) is 5.56 Å². The summed E-state index contributed by atoms with van der Waals surface area (Å²) in [6.45, 7) is 0.372. The Hall–Kier alpha value is -3.34. The molecule has 1 amide bonds. The average molecular weight is 348 g/mol. The molecule has 0 bridgehead atoms. The predicted molar refractivity (Wildman–Crippen MR) is 101 cm³/mol. The van der Waals surface area contributed by atoms with E-state index in [-0.39, 0.29) is 18.2 Å². The Morgan fingerprint density at radius 2 is 1.62 bits per heavy atom. The lowest BCUT2D eigenvalue weighted by Gasteiger charge is -2.08. The third-order valence-corrected chi connectivity index (χ3v) is 4.11. The molecule has 0 atom stereocenters. The van der Waals surface area contributed by atoms with Gasteiger partial charge >= 0.3 is 0 Å². The Bertz CT molecular complexity index is 931. The standard InChI is InChI=1S/C21H20N2O3/c24-19-7-4-14-23(21(19)26)15-20(25)22-13-12-16-8-10-18(11-9-16)17-5-2-1-3-6-17/h1-11,14,24H,12-13,15H2,(H,22,25). The van der Waals surface area contributed by atoms with Crippen molar-refractivity contribution in [3.05, 3.63) is 88.8 Å². The Balaban J connectivity index is 1.51. The zero-order valence-electron chi connectivity index (χ0n) is 14.3. The largest absolute Gasteiger partial charge is 0.503 e. The maximum Gasteiger partial charge on any atom is 0.293 e. The molecule has 26 heavy (non-hydrogen) atoms. The molecule has 132 valence electrons. The fraction of sp³-hybridized carbons (Fsp3) is 0.143. The summed E-state index contributed by atoms with van der Waals surface area (Å²) in [5.41, 5.74) is 2.88. The minimum Gasteiger partial charge on any atom is -0.503 e. The SMILES string of the molecule is O=C(Cn1cccc(O)c1=O)NCCc1ccc(-c2ccccc2)cc1. The van der Waals surface area contributed by atoms with Gasteiger partial charge in [0.1, 0.15) is 6.54 Å². The van der Waals surface area contributed by atoms with Gasteiger partial charge in [0, 0.05) is 12.7 Å². The molecule has 0 unspecified atom stereocenters. The van der Waals surface area contributed by atoms with Crippen LogP contribution in [0.25, 0.3) is 11.1 Å². The van der Waals surface area contributed by atoms with Crippen LogP contribution in [-0.4, -0.2) is 22.1 Å². The van der Waals surface area contributed by atoms with Gasteiger partial charge in [0.15, 0.2) is 5.75 Å². The highest BCUT2D eigenvalue weighted by atomic mass is 16.3. The first-order valence-corrected chi connectivity index (χ1v) is 8.43. The van der Waals surface area contributed by atoms with E-state index >= 15 is 0 Å². The normalized spacial score (nSPS) is 10.5. The number of benzene rings is 2. The van der Waals surface area contributed by atoms with Crippen LogP contribution in [0.2, 0.25) is 0 Å². The van der Waals surface area contributed by atoms with Crippen LogP contribution in [0.3, 0.4) is 0 Å². The number of aromatic nitrogens is 1. The highest BCUT2D eigenvalue weighted by molar-refractivity contribution is 5.75. The zero-order valence-corrected chi connectivity index (χ0v) is 14.3. The first-order chi connectivity index (χ1) is 12.6. The maximum absolute atomic E-state index is 12.0. The van der Waals surface area contributed by atoms with Crippen molar-refractivity contribution >= 4 is 5.91 Å². The molecule has 0 aliphatic heterocycles. The molecule has 0 saturated carbocycles. The smallest absolute Gasteiger partial charge is 0.293 e. The molecule has 3 aromatic rings. The number of carbonyl (C=O) groups excluding carboxylic acids is 1. The highest BCUT2D eigenvalue weighted by Crippen LogP contribution is 2.19. The third-order valence-electron chi connectivity index (χ3n) is 4.11. The summed E-state index contributed by atoms with van der Waals surface area (Å²) in [6.07, 6.45) is 2.18. The minimum atomic E-state index is -0.570. The lowest BCUT2D eigenvalue weighted by Crippen LogP contribution is -2.33. The minimum absolute atomic E-state index is 0.111. The van der Waals surface area contributed by atoms with Crippen molar-refractivity contribution < 1.29 is 9.90 Å². The Morgan fingerprint density at radius 1 is 0.923 bits per heavy atom. The van der Waals surface area contributed by atoms with Crippen molar-refractivity contribution in [2.45, 2.75) is 13.0 Å². The van der Waals surface area contributed by atoms with Crippen LogP contribution in [0.5, 0.6) is 5.75 Å². The quantitative estimate of drug-likeness (QED) is 0.719. The Kier molecular flexibility index (Phi) is 5.49. The fourth-order valence-electron chi connectivity index (χ4n) is 2.70. The molecule has 0 radical (unpaired) electrons. The molecule has 1 heterocycles. The number of hydrogen-bond donors (Lipinski definition) is 2. The van der Waals surface area contributed by atoms with E-state index in [0.29, 0.717) is 13.0 Å². The molecular weight excluding hydrogens is 328 g/mol. The van der Waals surface area contributed by atoms with Gasteiger partial charge in [-0.1, -0.05) is 54.6 Å². The van der Waals surface area contributed by atoms with Crippen LogP contribution in [-0.2, 0) is 17.8 Å². The van der Waals surface area contributed by atoms with Crippen molar-refractivity contribution in [2.24, 2.45) is 0 Å². The molecule has 0 fully saturated rings. The number of pyridine rings is 1. The van der Waals surface area contributed by atoms with Crippen molar-refractivity contribution in [1.29, 1.82) is 0 Å². The molecule has 0 aliphatic rings. The summed E-state index contributed by atoms with van der Waals surface area (Å²) in [5.74, 6) is -0.627. The number of hydrogen-bond acceptors (Lipinski definition) is 3. The summed E-state index contributed by atoms with van der Waals surface area (Å²) >= 11 is 0. The highest BCUT2D eigenvalue weighted by Gasteiger charge is 2.06. The van der Waals surface area contributed by atoms with Gasteiger partial charge in [-0.05, 0) is 35.2 Å². The number of rotatable bonds is 6. The van der Waals surface area contributed by atoms with Gasteiger partial charge in [-0.25, -0.2) is 0 Å². The molecular formula is C21H20N2O3. The number of carbonyl (C=O) groups is 1. The van der Waals surface area contributed by atoms with Crippen LogP contribution < -0.4 is 10.9 Å². The Labute approximate surface area is 151 Å². The lowest BCUT2D eigenvalue weighted by atomic mass is 10.0. The van der Waals surface area contributed by atoms with E-state index in [9.17, 15) is 14.7 Å². The van der Waals surface area contributed by atoms with Crippen LogP contribution >= 0.6 is 0 Å². The molecule has 3 rings (SSSR count). The Morgan fingerprint density at radius 3 is 2.35 bits per heavy atom.